The minimum atomic E-state index is -0.169. The number of aliphatic imine (C=N–C) groups is 1. The fourth-order valence-electron chi connectivity index (χ4n) is 4.31. The molecule has 1 aromatic heterocycles. The summed E-state index contributed by atoms with van der Waals surface area (Å²) in [7, 11) is 1.83. The van der Waals surface area contributed by atoms with E-state index in [2.05, 4.69) is 38.0 Å². The first-order valence-corrected chi connectivity index (χ1v) is 11.1. The third kappa shape index (κ3) is 5.23. The van der Waals surface area contributed by atoms with Gasteiger partial charge in [0.15, 0.2) is 5.96 Å². The summed E-state index contributed by atoms with van der Waals surface area (Å²) in [6.45, 7) is 3.00. The molecule has 4 nitrogen and oxygen atoms in total. The van der Waals surface area contributed by atoms with Crippen LogP contribution < -0.4 is 15.5 Å². The minimum absolute atomic E-state index is 0. The van der Waals surface area contributed by atoms with Gasteiger partial charge in [0, 0.05) is 38.1 Å². The van der Waals surface area contributed by atoms with Crippen molar-refractivity contribution in [3.63, 3.8) is 0 Å². The molecular weight excluding hydrogens is 498 g/mol. The predicted octanol–water partition coefficient (Wildman–Crippen LogP) is 4.76. The van der Waals surface area contributed by atoms with E-state index in [1.54, 1.807) is 12.1 Å². The molecule has 0 radical (unpaired) electrons. The Labute approximate surface area is 194 Å². The molecule has 0 unspecified atom stereocenters. The van der Waals surface area contributed by atoms with Gasteiger partial charge in [-0.1, -0.05) is 18.6 Å². The van der Waals surface area contributed by atoms with Crippen molar-refractivity contribution < 1.29 is 4.39 Å². The first-order chi connectivity index (χ1) is 13.7. The van der Waals surface area contributed by atoms with Crippen LogP contribution in [0.3, 0.4) is 0 Å². The molecule has 2 aromatic rings. The smallest absolute Gasteiger partial charge is 0.191 e. The molecule has 1 aliphatic heterocycles. The number of anilines is 1. The molecule has 0 amide bonds. The first-order valence-electron chi connectivity index (χ1n) is 10.2. The topological polar surface area (TPSA) is 39.7 Å². The van der Waals surface area contributed by atoms with Gasteiger partial charge in [-0.15, -0.1) is 35.3 Å². The summed E-state index contributed by atoms with van der Waals surface area (Å²) in [5, 5.41) is 10.7. The normalized spacial score (nSPS) is 19.2. The quantitative estimate of drug-likeness (QED) is 0.334. The van der Waals surface area contributed by atoms with E-state index in [-0.39, 0.29) is 35.2 Å². The van der Waals surface area contributed by atoms with Gasteiger partial charge >= 0.3 is 0 Å². The Morgan fingerprint density at radius 2 is 1.93 bits per heavy atom. The van der Waals surface area contributed by atoms with E-state index in [0.717, 1.165) is 51.3 Å². The zero-order valence-electron chi connectivity index (χ0n) is 16.9. The third-order valence-electron chi connectivity index (χ3n) is 6.24. The summed E-state index contributed by atoms with van der Waals surface area (Å²) in [4.78, 5) is 6.91. The van der Waals surface area contributed by atoms with E-state index in [0.29, 0.717) is 6.04 Å². The van der Waals surface area contributed by atoms with Crippen molar-refractivity contribution >= 4 is 46.3 Å². The number of piperidine rings is 1. The van der Waals surface area contributed by atoms with E-state index in [9.17, 15) is 4.39 Å². The van der Waals surface area contributed by atoms with Crippen LogP contribution in [0.4, 0.5) is 9.39 Å². The number of hydrogen-bond acceptors (Lipinski definition) is 3. The van der Waals surface area contributed by atoms with Gasteiger partial charge in [0.1, 0.15) is 5.82 Å². The molecule has 2 aliphatic rings. The summed E-state index contributed by atoms with van der Waals surface area (Å²) in [5.74, 6) is 0.709. The fraction of sp³-hybridized carbons (Fsp3) is 0.500. The maximum atomic E-state index is 13.3. The second kappa shape index (κ2) is 10.1. The molecule has 0 bridgehead atoms. The molecular formula is C22H30FIN4S. The summed E-state index contributed by atoms with van der Waals surface area (Å²) >= 11 is 1.81. The average Bonchev–Trinajstić information content (AvgIpc) is 3.23. The van der Waals surface area contributed by atoms with Crippen LogP contribution in [-0.2, 0) is 5.41 Å². The second-order valence-electron chi connectivity index (χ2n) is 7.92. The van der Waals surface area contributed by atoms with Crippen molar-refractivity contribution in [3.8, 4) is 0 Å². The molecule has 0 spiro atoms. The van der Waals surface area contributed by atoms with Crippen LogP contribution in [0.5, 0.6) is 0 Å². The number of guanidine groups is 1. The van der Waals surface area contributed by atoms with E-state index in [1.165, 1.54) is 17.0 Å². The van der Waals surface area contributed by atoms with E-state index in [1.807, 2.05) is 30.5 Å². The molecule has 2 heterocycles. The maximum absolute atomic E-state index is 13.3. The molecule has 158 valence electrons. The molecule has 2 N–H and O–H groups in total. The van der Waals surface area contributed by atoms with Gasteiger partial charge in [0.2, 0.25) is 0 Å². The summed E-state index contributed by atoms with van der Waals surface area (Å²) < 4.78 is 13.3. The maximum Gasteiger partial charge on any atom is 0.191 e. The molecule has 1 aromatic carbocycles. The lowest BCUT2D eigenvalue weighted by molar-refractivity contribution is 0.243. The highest BCUT2D eigenvalue weighted by atomic mass is 127. The van der Waals surface area contributed by atoms with Crippen LogP contribution in [0, 0.1) is 5.82 Å². The Bertz CT molecular complexity index is 782. The van der Waals surface area contributed by atoms with Gasteiger partial charge in [0.25, 0.3) is 0 Å². The van der Waals surface area contributed by atoms with E-state index in [4.69, 9.17) is 0 Å². The highest BCUT2D eigenvalue weighted by Crippen LogP contribution is 2.43. The van der Waals surface area contributed by atoms with Crippen LogP contribution in [0.1, 0.15) is 37.7 Å². The Morgan fingerprint density at radius 1 is 1.21 bits per heavy atom. The monoisotopic (exact) mass is 528 g/mol. The van der Waals surface area contributed by atoms with Crippen molar-refractivity contribution in [2.45, 2.75) is 43.6 Å². The molecule has 1 saturated carbocycles. The molecule has 29 heavy (non-hydrogen) atoms. The van der Waals surface area contributed by atoms with E-state index >= 15 is 0 Å². The standard InChI is InChI=1S/C22H29FN4S.HI/c1-24-21(26-19-9-13-27(14-10-19)20-4-2-15-28-20)25-16-22(11-3-12-22)17-5-7-18(23)8-6-17;/h2,4-8,15,19H,3,9-14,16H2,1H3,(H2,24,25,26);1H. The van der Waals surface area contributed by atoms with Crippen molar-refractivity contribution in [2.75, 3.05) is 31.6 Å². The lowest BCUT2D eigenvalue weighted by Gasteiger charge is -2.43. The summed E-state index contributed by atoms with van der Waals surface area (Å²) in [5.41, 5.74) is 1.33. The number of hydrogen-bond donors (Lipinski definition) is 2. The Kier molecular flexibility index (Phi) is 7.79. The van der Waals surface area contributed by atoms with Crippen molar-refractivity contribution in [2.24, 2.45) is 4.99 Å². The van der Waals surface area contributed by atoms with Gasteiger partial charge in [-0.05, 0) is 60.9 Å². The number of nitrogens with one attached hydrogen (secondary N) is 2. The van der Waals surface area contributed by atoms with Crippen LogP contribution in [-0.4, -0.2) is 38.7 Å². The fourth-order valence-corrected chi connectivity index (χ4v) is 5.09. The highest BCUT2D eigenvalue weighted by molar-refractivity contribution is 14.0. The molecule has 0 atom stereocenters. The van der Waals surface area contributed by atoms with Crippen LogP contribution >= 0.6 is 35.3 Å². The van der Waals surface area contributed by atoms with Gasteiger partial charge in [-0.3, -0.25) is 4.99 Å². The van der Waals surface area contributed by atoms with Gasteiger partial charge in [0.05, 0.1) is 5.00 Å². The number of halogens is 2. The first kappa shape index (κ1) is 22.3. The average molecular weight is 528 g/mol. The number of thiophene rings is 1. The highest BCUT2D eigenvalue weighted by Gasteiger charge is 2.38. The number of benzene rings is 1. The lowest BCUT2D eigenvalue weighted by atomic mass is 9.64. The van der Waals surface area contributed by atoms with E-state index < -0.39 is 0 Å². The zero-order valence-corrected chi connectivity index (χ0v) is 20.0. The third-order valence-corrected chi connectivity index (χ3v) is 7.17. The molecule has 1 aliphatic carbocycles. The summed E-state index contributed by atoms with van der Waals surface area (Å²) in [6.07, 6.45) is 5.74. The van der Waals surface area contributed by atoms with Crippen molar-refractivity contribution in [3.05, 3.63) is 53.2 Å². The van der Waals surface area contributed by atoms with Crippen LogP contribution in [0.25, 0.3) is 0 Å². The lowest BCUT2D eigenvalue weighted by Crippen LogP contribution is -2.52. The number of nitrogens with zero attached hydrogens (tertiary/aromatic N) is 2. The van der Waals surface area contributed by atoms with Crippen molar-refractivity contribution in [1.29, 1.82) is 0 Å². The summed E-state index contributed by atoms with van der Waals surface area (Å²) in [6, 6.07) is 11.8. The molecule has 7 heteroatoms. The Balaban J connectivity index is 0.00000240. The minimum Gasteiger partial charge on any atom is -0.363 e. The predicted molar refractivity (Wildman–Crippen MR) is 131 cm³/mol. The van der Waals surface area contributed by atoms with Gasteiger partial charge in [-0.2, -0.15) is 0 Å². The Morgan fingerprint density at radius 3 is 2.48 bits per heavy atom. The van der Waals surface area contributed by atoms with Gasteiger partial charge < -0.3 is 15.5 Å². The molecule has 4 rings (SSSR count). The van der Waals surface area contributed by atoms with Crippen molar-refractivity contribution in [1.82, 2.24) is 10.6 Å². The second-order valence-corrected chi connectivity index (χ2v) is 8.85. The SMILES string of the molecule is CN=C(NCC1(c2ccc(F)cc2)CCC1)NC1CCN(c2cccs2)CC1.I. The Hall–Kier alpha value is -1.35. The van der Waals surface area contributed by atoms with Crippen LogP contribution in [0.15, 0.2) is 46.8 Å². The molecule has 1 saturated heterocycles. The zero-order chi connectivity index (χ0) is 19.4. The molecule has 2 fully saturated rings. The van der Waals surface area contributed by atoms with Gasteiger partial charge in [-0.25, -0.2) is 4.39 Å². The largest absolute Gasteiger partial charge is 0.363 e. The van der Waals surface area contributed by atoms with Crippen LogP contribution in [0.2, 0.25) is 0 Å². The number of rotatable bonds is 5.